The molecule has 0 aliphatic carbocycles. The zero-order valence-corrected chi connectivity index (χ0v) is 23.8. The molecular weight excluding hydrogens is 527 g/mol. The second-order valence-corrected chi connectivity index (χ2v) is 11.6. The summed E-state index contributed by atoms with van der Waals surface area (Å²) in [5.41, 5.74) is 8.45. The van der Waals surface area contributed by atoms with Gasteiger partial charge < -0.3 is 4.90 Å². The van der Waals surface area contributed by atoms with Gasteiger partial charge in [-0.15, -0.1) is 11.3 Å². The average molecular weight is 554 g/mol. The highest BCUT2D eigenvalue weighted by molar-refractivity contribution is 7.26. The Kier molecular flexibility index (Phi) is 6.05. The van der Waals surface area contributed by atoms with Crippen LogP contribution >= 0.6 is 11.3 Å². The zero-order valence-electron chi connectivity index (χ0n) is 22.9. The summed E-state index contributed by atoms with van der Waals surface area (Å²) in [7, 11) is 0. The molecule has 1 aromatic heterocycles. The third-order valence-corrected chi connectivity index (χ3v) is 9.25. The van der Waals surface area contributed by atoms with E-state index in [1.165, 1.54) is 53.2 Å². The predicted molar refractivity (Wildman–Crippen MR) is 182 cm³/mol. The van der Waals surface area contributed by atoms with Crippen LogP contribution in [0.3, 0.4) is 0 Å². The molecule has 0 unspecified atom stereocenters. The van der Waals surface area contributed by atoms with E-state index in [1.54, 1.807) is 0 Å². The topological polar surface area (TPSA) is 3.24 Å². The maximum atomic E-state index is 2.32. The van der Waals surface area contributed by atoms with Gasteiger partial charge in [0.25, 0.3) is 0 Å². The average Bonchev–Trinajstić information content (AvgIpc) is 3.46. The van der Waals surface area contributed by atoms with Crippen molar-refractivity contribution in [2.24, 2.45) is 0 Å². The monoisotopic (exact) mass is 553 g/mol. The molecular formula is C40H27NS. The molecule has 7 aromatic carbocycles. The van der Waals surface area contributed by atoms with Gasteiger partial charge in [0, 0.05) is 42.6 Å². The van der Waals surface area contributed by atoms with Crippen molar-refractivity contribution in [3.8, 4) is 22.3 Å². The van der Waals surface area contributed by atoms with E-state index in [2.05, 4.69) is 169 Å². The molecule has 0 amide bonds. The third-order valence-electron chi connectivity index (χ3n) is 8.04. The summed E-state index contributed by atoms with van der Waals surface area (Å²) < 4.78 is 2.67. The van der Waals surface area contributed by atoms with E-state index in [-0.39, 0.29) is 0 Å². The Morgan fingerprint density at radius 2 is 0.833 bits per heavy atom. The second kappa shape index (κ2) is 10.3. The lowest BCUT2D eigenvalue weighted by molar-refractivity contribution is 1.28. The van der Waals surface area contributed by atoms with Crippen molar-refractivity contribution in [1.82, 2.24) is 0 Å². The molecule has 0 atom stereocenters. The lowest BCUT2D eigenvalue weighted by Crippen LogP contribution is -2.09. The van der Waals surface area contributed by atoms with Crippen molar-refractivity contribution >= 4 is 59.3 Å². The van der Waals surface area contributed by atoms with Gasteiger partial charge in [-0.2, -0.15) is 0 Å². The highest BCUT2D eigenvalue weighted by Gasteiger charge is 2.21. The number of hydrogen-bond acceptors (Lipinski definition) is 2. The lowest BCUT2D eigenvalue weighted by atomic mass is 9.86. The summed E-state index contributed by atoms with van der Waals surface area (Å²) in [5.74, 6) is 0. The second-order valence-electron chi connectivity index (χ2n) is 10.5. The van der Waals surface area contributed by atoms with Gasteiger partial charge in [-0.25, -0.2) is 0 Å². The molecule has 42 heavy (non-hydrogen) atoms. The lowest BCUT2D eigenvalue weighted by Gasteiger charge is -2.26. The van der Waals surface area contributed by atoms with Gasteiger partial charge in [-0.05, 0) is 70.1 Å². The number of benzene rings is 7. The van der Waals surface area contributed by atoms with E-state index in [1.807, 2.05) is 11.3 Å². The first-order chi connectivity index (χ1) is 20.9. The van der Waals surface area contributed by atoms with Crippen molar-refractivity contribution in [1.29, 1.82) is 0 Å². The number of thiophene rings is 1. The van der Waals surface area contributed by atoms with Crippen molar-refractivity contribution < 1.29 is 0 Å². The van der Waals surface area contributed by atoms with Gasteiger partial charge in [-0.1, -0.05) is 121 Å². The van der Waals surface area contributed by atoms with Crippen LogP contribution in [-0.2, 0) is 0 Å². The van der Waals surface area contributed by atoms with Gasteiger partial charge in [0.1, 0.15) is 0 Å². The zero-order chi connectivity index (χ0) is 27.9. The van der Waals surface area contributed by atoms with Crippen molar-refractivity contribution in [3.05, 3.63) is 164 Å². The van der Waals surface area contributed by atoms with Crippen LogP contribution in [0.1, 0.15) is 0 Å². The smallest absolute Gasteiger partial charge is 0.0462 e. The normalized spacial score (nSPS) is 11.3. The number of rotatable bonds is 5. The van der Waals surface area contributed by atoms with Crippen LogP contribution in [0.5, 0.6) is 0 Å². The molecule has 0 fully saturated rings. The highest BCUT2D eigenvalue weighted by atomic mass is 32.1. The van der Waals surface area contributed by atoms with Gasteiger partial charge in [0.2, 0.25) is 0 Å². The SMILES string of the molecule is c1ccc(-c2c(-c3ccc(N(c4ccccc4)c4ccccc4)cc3)c3c4ccccc4sc3c3ccccc23)cc1. The van der Waals surface area contributed by atoms with E-state index in [4.69, 9.17) is 0 Å². The number of fused-ring (bicyclic) bond motifs is 5. The number of nitrogens with zero attached hydrogens (tertiary/aromatic N) is 1. The van der Waals surface area contributed by atoms with Crippen LogP contribution in [0.15, 0.2) is 164 Å². The van der Waals surface area contributed by atoms with Crippen LogP contribution in [0.25, 0.3) is 53.2 Å². The molecule has 0 spiro atoms. The minimum Gasteiger partial charge on any atom is -0.311 e. The third kappa shape index (κ3) is 4.08. The summed E-state index contributed by atoms with van der Waals surface area (Å²) in [6.45, 7) is 0. The molecule has 2 heteroatoms. The molecule has 0 saturated heterocycles. The van der Waals surface area contributed by atoms with E-state index in [0.29, 0.717) is 0 Å². The Hall–Kier alpha value is -5.18. The minimum absolute atomic E-state index is 1.13. The van der Waals surface area contributed by atoms with E-state index >= 15 is 0 Å². The molecule has 0 aliphatic rings. The Morgan fingerprint density at radius 1 is 0.357 bits per heavy atom. The summed E-state index contributed by atoms with van der Waals surface area (Å²) in [5, 5.41) is 5.25. The van der Waals surface area contributed by atoms with Gasteiger partial charge in [-0.3, -0.25) is 0 Å². The fourth-order valence-corrected chi connectivity index (χ4v) is 7.46. The molecule has 8 rings (SSSR count). The predicted octanol–water partition coefficient (Wildman–Crippen LogP) is 12.0. The van der Waals surface area contributed by atoms with Crippen LogP contribution in [0, 0.1) is 0 Å². The van der Waals surface area contributed by atoms with E-state index in [0.717, 1.165) is 17.1 Å². The fraction of sp³-hybridized carbons (Fsp3) is 0. The Labute approximate surface area is 249 Å². The maximum absolute atomic E-state index is 2.32. The molecule has 8 aromatic rings. The first-order valence-electron chi connectivity index (χ1n) is 14.3. The summed E-state index contributed by atoms with van der Waals surface area (Å²) >= 11 is 1.90. The molecule has 0 saturated carbocycles. The molecule has 1 heterocycles. The van der Waals surface area contributed by atoms with Gasteiger partial charge in [0.15, 0.2) is 0 Å². The van der Waals surface area contributed by atoms with Crippen molar-refractivity contribution in [3.63, 3.8) is 0 Å². The molecule has 0 radical (unpaired) electrons. The Morgan fingerprint density at radius 3 is 1.48 bits per heavy atom. The maximum Gasteiger partial charge on any atom is 0.0462 e. The first kappa shape index (κ1) is 24.6. The molecule has 198 valence electrons. The number of hydrogen-bond donors (Lipinski definition) is 0. The van der Waals surface area contributed by atoms with Crippen LogP contribution in [0.2, 0.25) is 0 Å². The first-order valence-corrected chi connectivity index (χ1v) is 15.1. The molecule has 0 aliphatic heterocycles. The Balaban J connectivity index is 1.41. The van der Waals surface area contributed by atoms with Crippen molar-refractivity contribution in [2.45, 2.75) is 0 Å². The van der Waals surface area contributed by atoms with Crippen LogP contribution in [0.4, 0.5) is 17.1 Å². The molecule has 0 bridgehead atoms. The highest BCUT2D eigenvalue weighted by Crippen LogP contribution is 2.50. The molecule has 0 N–H and O–H groups in total. The molecule has 1 nitrogen and oxygen atoms in total. The minimum atomic E-state index is 1.13. The summed E-state index contributed by atoms with van der Waals surface area (Å²) in [6, 6.07) is 58.9. The summed E-state index contributed by atoms with van der Waals surface area (Å²) in [6.07, 6.45) is 0. The summed E-state index contributed by atoms with van der Waals surface area (Å²) in [4.78, 5) is 2.32. The van der Waals surface area contributed by atoms with E-state index < -0.39 is 0 Å². The Bertz CT molecular complexity index is 2120. The standard InChI is InChI=1S/C40H27NS/c1-4-14-28(15-5-1)37-33-20-10-11-21-34(33)40-39(35-22-12-13-23-36(35)42-40)38(37)29-24-26-32(27-25-29)41(30-16-6-2-7-17-30)31-18-8-3-9-19-31/h1-27H. The fourth-order valence-electron chi connectivity index (χ4n) is 6.21. The van der Waals surface area contributed by atoms with Crippen molar-refractivity contribution in [2.75, 3.05) is 4.90 Å². The quantitative estimate of drug-likeness (QED) is 0.205. The number of para-hydroxylation sites is 2. The van der Waals surface area contributed by atoms with Gasteiger partial charge >= 0.3 is 0 Å². The van der Waals surface area contributed by atoms with E-state index in [9.17, 15) is 0 Å². The van der Waals surface area contributed by atoms with Gasteiger partial charge in [0.05, 0.1) is 0 Å². The largest absolute Gasteiger partial charge is 0.311 e. The van der Waals surface area contributed by atoms with Crippen LogP contribution < -0.4 is 4.90 Å². The number of anilines is 3. The van der Waals surface area contributed by atoms with Crippen LogP contribution in [-0.4, -0.2) is 0 Å².